The van der Waals surface area contributed by atoms with Gasteiger partial charge in [-0.25, -0.2) is 15.0 Å². The monoisotopic (exact) mass is 576 g/mol. The summed E-state index contributed by atoms with van der Waals surface area (Å²) in [6.07, 6.45) is 0. The number of halogens is 1. The molecule has 6 aromatic carbocycles. The Morgan fingerprint density at radius 2 is 0.950 bits per heavy atom. The minimum Gasteiger partial charge on any atom is -0.309 e. The quantitative estimate of drug-likeness (QED) is 0.196. The van der Waals surface area contributed by atoms with Gasteiger partial charge in [0.2, 0.25) is 0 Å². The molecule has 0 aliphatic heterocycles. The average molecular weight is 577 g/mol. The average Bonchev–Trinajstić information content (AvgIpc) is 3.37. The first-order valence-corrected chi connectivity index (χ1v) is 14.0. The third-order valence-corrected chi connectivity index (χ3v) is 8.19. The van der Waals surface area contributed by atoms with Crippen LogP contribution in [0.4, 0.5) is 0 Å². The Bertz CT molecular complexity index is 2100. The molecule has 8 aromatic rings. The first kappa shape index (κ1) is 23.1. The second-order valence-corrected chi connectivity index (χ2v) is 10.7. The predicted octanol–water partition coefficient (Wildman–Crippen LogP) is 9.32. The fraction of sp³-hybridized carbons (Fsp3) is 0. The van der Waals surface area contributed by atoms with Crippen LogP contribution < -0.4 is 0 Å². The van der Waals surface area contributed by atoms with Crippen LogP contribution >= 0.6 is 15.9 Å². The van der Waals surface area contributed by atoms with E-state index in [0.717, 1.165) is 37.8 Å². The van der Waals surface area contributed by atoms with Crippen molar-refractivity contribution in [2.45, 2.75) is 0 Å². The summed E-state index contributed by atoms with van der Waals surface area (Å²) in [5.74, 6) is 1.98. The van der Waals surface area contributed by atoms with E-state index in [0.29, 0.717) is 17.5 Å². The second-order valence-electron chi connectivity index (χ2n) is 9.82. The van der Waals surface area contributed by atoms with Gasteiger partial charge in [0.15, 0.2) is 17.5 Å². The van der Waals surface area contributed by atoms with Crippen LogP contribution in [0.5, 0.6) is 0 Å². The van der Waals surface area contributed by atoms with Gasteiger partial charge in [-0.3, -0.25) is 0 Å². The molecule has 2 heterocycles. The zero-order chi connectivity index (χ0) is 26.6. The largest absolute Gasteiger partial charge is 0.309 e. The van der Waals surface area contributed by atoms with Gasteiger partial charge < -0.3 is 4.57 Å². The lowest BCUT2D eigenvalue weighted by molar-refractivity contribution is 1.08. The minimum absolute atomic E-state index is 0.659. The third kappa shape index (κ3) is 3.55. The predicted molar refractivity (Wildman–Crippen MR) is 167 cm³/mol. The van der Waals surface area contributed by atoms with E-state index < -0.39 is 0 Å². The van der Waals surface area contributed by atoms with Gasteiger partial charge in [-0.1, -0.05) is 107 Å². The van der Waals surface area contributed by atoms with Crippen molar-refractivity contribution in [1.29, 1.82) is 0 Å². The summed E-state index contributed by atoms with van der Waals surface area (Å²) < 4.78 is 3.43. The molecule has 0 bridgehead atoms. The van der Waals surface area contributed by atoms with Crippen LogP contribution in [0.15, 0.2) is 132 Å². The van der Waals surface area contributed by atoms with E-state index >= 15 is 0 Å². The standard InChI is InChI=1S/C35H21BrN4/c36-28-19-21-30-32-27(28)17-16-25-26(18-20-29(31(25)32)40(30)24-14-8-3-9-15-24)35-38-33(22-10-4-1-5-11-22)37-34(39-35)23-12-6-2-7-13-23/h1-21H. The third-order valence-electron chi connectivity index (χ3n) is 7.50. The molecule has 0 saturated heterocycles. The molecule has 0 N–H and O–H groups in total. The number of nitrogens with zero attached hydrogens (tertiary/aromatic N) is 4. The van der Waals surface area contributed by atoms with Gasteiger partial charge in [-0.15, -0.1) is 0 Å². The lowest BCUT2D eigenvalue weighted by Gasteiger charge is -2.11. The summed E-state index contributed by atoms with van der Waals surface area (Å²) in [5, 5.41) is 4.74. The van der Waals surface area contributed by atoms with E-state index in [2.05, 4.69) is 87.2 Å². The highest BCUT2D eigenvalue weighted by Crippen LogP contribution is 2.44. The first-order valence-electron chi connectivity index (χ1n) is 13.2. The molecular formula is C35H21BrN4. The van der Waals surface area contributed by atoms with Crippen LogP contribution in [0.2, 0.25) is 0 Å². The van der Waals surface area contributed by atoms with Crippen LogP contribution in [-0.4, -0.2) is 19.5 Å². The van der Waals surface area contributed by atoms with Gasteiger partial charge >= 0.3 is 0 Å². The normalized spacial score (nSPS) is 11.6. The fourth-order valence-corrected chi connectivity index (χ4v) is 6.16. The smallest absolute Gasteiger partial charge is 0.164 e. The Labute approximate surface area is 239 Å². The number of para-hydroxylation sites is 1. The molecule has 0 fully saturated rings. The first-order chi connectivity index (χ1) is 19.8. The van der Waals surface area contributed by atoms with Gasteiger partial charge in [-0.2, -0.15) is 0 Å². The Morgan fingerprint density at radius 1 is 0.450 bits per heavy atom. The molecule has 5 heteroatoms. The maximum atomic E-state index is 5.03. The van der Waals surface area contributed by atoms with E-state index in [1.807, 2.05) is 60.7 Å². The van der Waals surface area contributed by atoms with Crippen LogP contribution in [0, 0.1) is 0 Å². The summed E-state index contributed by atoms with van der Waals surface area (Å²) in [6.45, 7) is 0. The van der Waals surface area contributed by atoms with Crippen LogP contribution in [0.1, 0.15) is 0 Å². The molecule has 4 nitrogen and oxygen atoms in total. The molecule has 0 atom stereocenters. The molecule has 40 heavy (non-hydrogen) atoms. The Hall–Kier alpha value is -4.87. The second kappa shape index (κ2) is 9.11. The van der Waals surface area contributed by atoms with Crippen molar-refractivity contribution in [1.82, 2.24) is 19.5 Å². The summed E-state index contributed by atoms with van der Waals surface area (Å²) in [4.78, 5) is 14.9. The molecule has 0 unspecified atom stereocenters. The maximum Gasteiger partial charge on any atom is 0.164 e. The number of hydrogen-bond acceptors (Lipinski definition) is 3. The van der Waals surface area contributed by atoms with Gasteiger partial charge in [0, 0.05) is 37.6 Å². The van der Waals surface area contributed by atoms with Crippen molar-refractivity contribution in [3.05, 3.63) is 132 Å². The molecule has 0 spiro atoms. The Balaban J connectivity index is 1.45. The zero-order valence-electron chi connectivity index (χ0n) is 21.3. The van der Waals surface area contributed by atoms with E-state index in [1.54, 1.807) is 0 Å². The number of hydrogen-bond donors (Lipinski definition) is 0. The SMILES string of the molecule is Brc1ccc2c3c1ccc1c(-c4nc(-c5ccccc5)nc(-c5ccccc5)n4)ccc(c13)n2-c1ccccc1. The topological polar surface area (TPSA) is 43.6 Å². The molecule has 0 radical (unpaired) electrons. The van der Waals surface area contributed by atoms with Crippen LogP contribution in [0.25, 0.3) is 72.4 Å². The molecule has 2 aromatic heterocycles. The van der Waals surface area contributed by atoms with Crippen molar-refractivity contribution in [3.63, 3.8) is 0 Å². The fourth-order valence-electron chi connectivity index (χ4n) is 5.70. The molecule has 188 valence electrons. The van der Waals surface area contributed by atoms with Crippen molar-refractivity contribution < 1.29 is 0 Å². The number of benzene rings is 6. The van der Waals surface area contributed by atoms with Crippen molar-refractivity contribution in [3.8, 4) is 39.9 Å². The van der Waals surface area contributed by atoms with E-state index in [9.17, 15) is 0 Å². The van der Waals surface area contributed by atoms with Crippen molar-refractivity contribution in [2.24, 2.45) is 0 Å². The maximum absolute atomic E-state index is 5.03. The van der Waals surface area contributed by atoms with E-state index in [-0.39, 0.29) is 0 Å². The van der Waals surface area contributed by atoms with Gasteiger partial charge in [-0.05, 0) is 47.2 Å². The van der Waals surface area contributed by atoms with Crippen LogP contribution in [-0.2, 0) is 0 Å². The zero-order valence-corrected chi connectivity index (χ0v) is 22.9. The van der Waals surface area contributed by atoms with Gasteiger partial charge in [0.05, 0.1) is 11.0 Å². The lowest BCUT2D eigenvalue weighted by Crippen LogP contribution is -2.00. The lowest BCUT2D eigenvalue weighted by atomic mass is 9.98. The molecule has 0 amide bonds. The minimum atomic E-state index is 0.659. The molecule has 0 aliphatic carbocycles. The van der Waals surface area contributed by atoms with Gasteiger partial charge in [0.1, 0.15) is 0 Å². The molecule has 8 rings (SSSR count). The van der Waals surface area contributed by atoms with E-state index in [1.165, 1.54) is 21.7 Å². The van der Waals surface area contributed by atoms with E-state index in [4.69, 9.17) is 15.0 Å². The molecule has 0 saturated carbocycles. The number of rotatable bonds is 4. The highest BCUT2D eigenvalue weighted by atomic mass is 79.9. The highest BCUT2D eigenvalue weighted by Gasteiger charge is 2.21. The summed E-state index contributed by atoms with van der Waals surface area (Å²) in [5.41, 5.74) is 6.37. The molecular weight excluding hydrogens is 556 g/mol. The highest BCUT2D eigenvalue weighted by molar-refractivity contribution is 9.10. The van der Waals surface area contributed by atoms with Crippen LogP contribution in [0.3, 0.4) is 0 Å². The summed E-state index contributed by atoms with van der Waals surface area (Å²) >= 11 is 3.80. The van der Waals surface area contributed by atoms with Crippen molar-refractivity contribution in [2.75, 3.05) is 0 Å². The van der Waals surface area contributed by atoms with Gasteiger partial charge in [0.25, 0.3) is 0 Å². The molecule has 0 aliphatic rings. The Morgan fingerprint density at radius 3 is 1.57 bits per heavy atom. The Kier molecular flexibility index (Phi) is 5.25. The summed E-state index contributed by atoms with van der Waals surface area (Å²) in [6, 6.07) is 43.8. The number of aromatic nitrogens is 4. The van der Waals surface area contributed by atoms with Crippen molar-refractivity contribution >= 4 is 48.5 Å². The summed E-state index contributed by atoms with van der Waals surface area (Å²) in [7, 11) is 0.